The average molecular weight is 236 g/mol. The Hall–Kier alpha value is -1.09. The summed E-state index contributed by atoms with van der Waals surface area (Å²) in [5.74, 6) is -0.152. The summed E-state index contributed by atoms with van der Waals surface area (Å²) in [6.07, 6.45) is 6.14. The Labute approximate surface area is 103 Å². The zero-order valence-electron chi connectivity index (χ0n) is 10.5. The highest BCUT2D eigenvalue weighted by atomic mass is 19.1. The summed E-state index contributed by atoms with van der Waals surface area (Å²) < 4.78 is 13.9. The molecule has 1 aromatic carbocycles. The number of hydrogen-bond donors (Lipinski definition) is 1. The van der Waals surface area contributed by atoms with E-state index in [2.05, 4.69) is 4.90 Å². The van der Waals surface area contributed by atoms with Gasteiger partial charge in [0, 0.05) is 19.6 Å². The first-order valence-corrected chi connectivity index (χ1v) is 6.44. The van der Waals surface area contributed by atoms with Crippen molar-refractivity contribution in [1.29, 1.82) is 0 Å². The minimum Gasteiger partial charge on any atom is -0.369 e. The van der Waals surface area contributed by atoms with Crippen molar-refractivity contribution in [3.8, 4) is 0 Å². The third-order valence-corrected chi connectivity index (χ3v) is 3.77. The van der Waals surface area contributed by atoms with Crippen molar-refractivity contribution in [2.24, 2.45) is 5.73 Å². The summed E-state index contributed by atoms with van der Waals surface area (Å²) in [7, 11) is 1.99. The molecular formula is C14H21FN2. The number of nitrogens with zero attached hydrogens (tertiary/aromatic N) is 1. The second-order valence-corrected chi connectivity index (χ2v) is 4.85. The van der Waals surface area contributed by atoms with Crippen LogP contribution >= 0.6 is 0 Å². The summed E-state index contributed by atoms with van der Waals surface area (Å²) in [6, 6.07) is 5.63. The molecular weight excluding hydrogens is 215 g/mol. The van der Waals surface area contributed by atoms with Gasteiger partial charge in [-0.2, -0.15) is 0 Å². The monoisotopic (exact) mass is 236 g/mol. The van der Waals surface area contributed by atoms with Crippen LogP contribution in [0.5, 0.6) is 0 Å². The van der Waals surface area contributed by atoms with Crippen LogP contribution in [0.3, 0.4) is 0 Å². The molecule has 0 spiro atoms. The molecule has 3 heteroatoms. The Kier molecular flexibility index (Phi) is 4.00. The second kappa shape index (κ2) is 5.50. The van der Waals surface area contributed by atoms with E-state index in [-0.39, 0.29) is 5.82 Å². The van der Waals surface area contributed by atoms with Gasteiger partial charge in [-0.25, -0.2) is 4.39 Å². The third-order valence-electron chi connectivity index (χ3n) is 3.77. The van der Waals surface area contributed by atoms with Gasteiger partial charge in [-0.05, 0) is 24.5 Å². The van der Waals surface area contributed by atoms with Crippen LogP contribution in [0.4, 0.5) is 10.1 Å². The van der Waals surface area contributed by atoms with Crippen molar-refractivity contribution in [1.82, 2.24) is 0 Å². The maximum Gasteiger partial charge on any atom is 0.146 e. The van der Waals surface area contributed by atoms with E-state index in [0.29, 0.717) is 18.3 Å². The van der Waals surface area contributed by atoms with Crippen LogP contribution in [0, 0.1) is 5.82 Å². The Morgan fingerprint density at radius 3 is 2.65 bits per heavy atom. The molecule has 0 unspecified atom stereocenters. The fraction of sp³-hybridized carbons (Fsp3) is 0.571. The Morgan fingerprint density at radius 2 is 2.00 bits per heavy atom. The third kappa shape index (κ3) is 2.60. The lowest BCUT2D eigenvalue weighted by atomic mass is 9.93. The Bertz CT molecular complexity index is 372. The number of hydrogen-bond acceptors (Lipinski definition) is 2. The molecule has 0 aromatic heterocycles. The van der Waals surface area contributed by atoms with E-state index >= 15 is 0 Å². The smallest absolute Gasteiger partial charge is 0.146 e. The highest BCUT2D eigenvalue weighted by Crippen LogP contribution is 2.30. The fourth-order valence-corrected chi connectivity index (χ4v) is 2.77. The Morgan fingerprint density at radius 1 is 1.29 bits per heavy atom. The molecule has 1 fully saturated rings. The van der Waals surface area contributed by atoms with E-state index in [1.807, 2.05) is 13.1 Å². The highest BCUT2D eigenvalue weighted by Gasteiger charge is 2.22. The first-order valence-electron chi connectivity index (χ1n) is 6.44. The normalized spacial score (nSPS) is 17.1. The first kappa shape index (κ1) is 12.4. The molecule has 17 heavy (non-hydrogen) atoms. The van der Waals surface area contributed by atoms with Gasteiger partial charge in [-0.1, -0.05) is 31.4 Å². The SMILES string of the molecule is CN(c1c(F)cccc1CN)C1CCCCC1. The van der Waals surface area contributed by atoms with E-state index in [4.69, 9.17) is 5.73 Å². The van der Waals surface area contributed by atoms with Gasteiger partial charge < -0.3 is 10.6 Å². The van der Waals surface area contributed by atoms with Crippen LogP contribution in [0.15, 0.2) is 18.2 Å². The van der Waals surface area contributed by atoms with Gasteiger partial charge in [0.25, 0.3) is 0 Å². The molecule has 0 amide bonds. The lowest BCUT2D eigenvalue weighted by Crippen LogP contribution is -2.34. The number of halogens is 1. The molecule has 2 rings (SSSR count). The molecule has 0 saturated heterocycles. The predicted molar refractivity (Wildman–Crippen MR) is 69.6 cm³/mol. The zero-order chi connectivity index (χ0) is 12.3. The summed E-state index contributed by atoms with van der Waals surface area (Å²) >= 11 is 0. The molecule has 1 saturated carbocycles. The van der Waals surface area contributed by atoms with Gasteiger partial charge in [0.15, 0.2) is 0 Å². The molecule has 1 aliphatic rings. The van der Waals surface area contributed by atoms with Gasteiger partial charge >= 0.3 is 0 Å². The maximum absolute atomic E-state index is 13.9. The highest BCUT2D eigenvalue weighted by molar-refractivity contribution is 5.55. The molecule has 0 heterocycles. The maximum atomic E-state index is 13.9. The molecule has 94 valence electrons. The number of rotatable bonds is 3. The van der Waals surface area contributed by atoms with E-state index in [0.717, 1.165) is 18.4 Å². The lowest BCUT2D eigenvalue weighted by molar-refractivity contribution is 0.424. The molecule has 0 atom stereocenters. The molecule has 0 radical (unpaired) electrons. The molecule has 0 aliphatic heterocycles. The topological polar surface area (TPSA) is 29.3 Å². The summed E-state index contributed by atoms with van der Waals surface area (Å²) in [6.45, 7) is 0.393. The summed E-state index contributed by atoms with van der Waals surface area (Å²) in [5.41, 5.74) is 7.29. The predicted octanol–water partition coefficient (Wildman–Crippen LogP) is 3.05. The average Bonchev–Trinajstić information content (AvgIpc) is 2.38. The minimum absolute atomic E-state index is 0.152. The van der Waals surface area contributed by atoms with Crippen molar-refractivity contribution in [2.75, 3.05) is 11.9 Å². The molecule has 0 bridgehead atoms. The summed E-state index contributed by atoms with van der Waals surface area (Å²) in [5, 5.41) is 0. The largest absolute Gasteiger partial charge is 0.369 e. The number of nitrogens with two attached hydrogens (primary N) is 1. The van der Waals surface area contributed by atoms with Crippen LogP contribution in [0.25, 0.3) is 0 Å². The molecule has 2 nitrogen and oxygen atoms in total. The van der Waals surface area contributed by atoms with Gasteiger partial charge in [-0.15, -0.1) is 0 Å². The van der Waals surface area contributed by atoms with Gasteiger partial charge in [0.2, 0.25) is 0 Å². The molecule has 2 N–H and O–H groups in total. The summed E-state index contributed by atoms with van der Waals surface area (Å²) in [4.78, 5) is 2.09. The lowest BCUT2D eigenvalue weighted by Gasteiger charge is -2.34. The molecule has 1 aromatic rings. The van der Waals surface area contributed by atoms with Crippen molar-refractivity contribution in [3.05, 3.63) is 29.6 Å². The van der Waals surface area contributed by atoms with Crippen LogP contribution in [-0.2, 0) is 6.54 Å². The van der Waals surface area contributed by atoms with Crippen molar-refractivity contribution < 1.29 is 4.39 Å². The number of para-hydroxylation sites is 1. The van der Waals surface area contributed by atoms with Gasteiger partial charge in [0.05, 0.1) is 5.69 Å². The first-order chi connectivity index (χ1) is 8.24. The van der Waals surface area contributed by atoms with Gasteiger partial charge in [0.1, 0.15) is 5.82 Å². The minimum atomic E-state index is -0.152. The Balaban J connectivity index is 2.25. The number of anilines is 1. The fourth-order valence-electron chi connectivity index (χ4n) is 2.77. The van der Waals surface area contributed by atoms with Crippen LogP contribution in [0.2, 0.25) is 0 Å². The van der Waals surface area contributed by atoms with E-state index in [9.17, 15) is 4.39 Å². The number of benzene rings is 1. The second-order valence-electron chi connectivity index (χ2n) is 4.85. The van der Waals surface area contributed by atoms with E-state index in [1.54, 1.807) is 6.07 Å². The van der Waals surface area contributed by atoms with Gasteiger partial charge in [-0.3, -0.25) is 0 Å². The van der Waals surface area contributed by atoms with E-state index < -0.39 is 0 Å². The van der Waals surface area contributed by atoms with Crippen LogP contribution < -0.4 is 10.6 Å². The van der Waals surface area contributed by atoms with Crippen LogP contribution in [0.1, 0.15) is 37.7 Å². The van der Waals surface area contributed by atoms with Crippen molar-refractivity contribution in [2.45, 2.75) is 44.7 Å². The van der Waals surface area contributed by atoms with E-state index in [1.165, 1.54) is 25.3 Å². The zero-order valence-corrected chi connectivity index (χ0v) is 10.5. The van der Waals surface area contributed by atoms with Crippen molar-refractivity contribution >= 4 is 5.69 Å². The quantitative estimate of drug-likeness (QED) is 0.874. The van der Waals surface area contributed by atoms with Crippen LogP contribution in [-0.4, -0.2) is 13.1 Å². The van der Waals surface area contributed by atoms with Crippen molar-refractivity contribution in [3.63, 3.8) is 0 Å². The standard InChI is InChI=1S/C14H21FN2/c1-17(12-7-3-2-4-8-12)14-11(10-16)6-5-9-13(14)15/h5-6,9,12H,2-4,7-8,10,16H2,1H3. The molecule has 1 aliphatic carbocycles.